The van der Waals surface area contributed by atoms with Gasteiger partial charge in [0.1, 0.15) is 0 Å². The molecule has 0 aliphatic heterocycles. The van der Waals surface area contributed by atoms with Crippen LogP contribution < -0.4 is 9.80 Å². The fraction of sp³-hybridized carbons (Fsp3) is 0.0169. The molecule has 1 aromatic heterocycles. The van der Waals surface area contributed by atoms with Gasteiger partial charge >= 0.3 is 0 Å². The predicted octanol–water partition coefficient (Wildman–Crippen LogP) is 16.5. The van der Waals surface area contributed by atoms with Crippen LogP contribution in [0.4, 0.5) is 34.1 Å². The number of rotatable bonds is 6. The highest BCUT2D eigenvalue weighted by atomic mass is 32.1. The fourth-order valence-electron chi connectivity index (χ4n) is 10.8. The lowest BCUT2D eigenvalue weighted by Gasteiger charge is -2.33. The zero-order valence-corrected chi connectivity index (χ0v) is 34.6. The van der Waals surface area contributed by atoms with Crippen molar-refractivity contribution in [1.82, 2.24) is 0 Å². The van der Waals surface area contributed by atoms with Crippen LogP contribution in [0, 0.1) is 0 Å². The Hall–Kier alpha value is -7.72. The molecule has 0 N–H and O–H groups in total. The van der Waals surface area contributed by atoms with Gasteiger partial charge in [0.05, 0.1) is 21.5 Å². The highest BCUT2D eigenvalue weighted by Gasteiger charge is 2.52. The average molecular weight is 807 g/mol. The van der Waals surface area contributed by atoms with Gasteiger partial charge in [0.15, 0.2) is 0 Å². The first-order valence-corrected chi connectivity index (χ1v) is 22.2. The van der Waals surface area contributed by atoms with Crippen molar-refractivity contribution in [2.45, 2.75) is 5.41 Å². The Morgan fingerprint density at radius 3 is 1.55 bits per heavy atom. The molecule has 2 aliphatic carbocycles. The first-order chi connectivity index (χ1) is 30.8. The van der Waals surface area contributed by atoms with Crippen molar-refractivity contribution in [2.24, 2.45) is 0 Å². The van der Waals surface area contributed by atoms with E-state index in [1.165, 1.54) is 86.8 Å². The molecule has 0 bridgehead atoms. The normalized spacial score (nSPS) is 14.5. The highest BCUT2D eigenvalue weighted by Crippen LogP contribution is 2.65. The first-order valence-electron chi connectivity index (χ1n) is 21.4. The second-order valence-electron chi connectivity index (χ2n) is 16.4. The molecule has 1 unspecified atom stereocenters. The molecule has 3 heteroatoms. The molecule has 1 spiro atoms. The van der Waals surface area contributed by atoms with Gasteiger partial charge in [0, 0.05) is 43.6 Å². The molecule has 1 atom stereocenters. The van der Waals surface area contributed by atoms with Gasteiger partial charge < -0.3 is 9.80 Å². The van der Waals surface area contributed by atoms with Crippen molar-refractivity contribution in [1.29, 1.82) is 0 Å². The summed E-state index contributed by atoms with van der Waals surface area (Å²) in [4.78, 5) is 4.90. The topological polar surface area (TPSA) is 6.48 Å². The Morgan fingerprint density at radius 2 is 0.839 bits per heavy atom. The lowest BCUT2D eigenvalue weighted by molar-refractivity contribution is 0.794. The third-order valence-electron chi connectivity index (χ3n) is 13.2. The minimum Gasteiger partial charge on any atom is -0.310 e. The van der Waals surface area contributed by atoms with Gasteiger partial charge in [-0.05, 0) is 117 Å². The lowest BCUT2D eigenvalue weighted by atomic mass is 9.70. The van der Waals surface area contributed by atoms with Gasteiger partial charge in [-0.2, -0.15) is 0 Å². The van der Waals surface area contributed by atoms with E-state index >= 15 is 0 Å². The van der Waals surface area contributed by atoms with Crippen molar-refractivity contribution in [3.63, 3.8) is 0 Å². The molecule has 0 amide bonds. The molecule has 1 heterocycles. The smallest absolute Gasteiger partial charge is 0.0726 e. The van der Waals surface area contributed by atoms with E-state index in [9.17, 15) is 0 Å². The Labute approximate surface area is 364 Å². The van der Waals surface area contributed by atoms with Gasteiger partial charge in [-0.25, -0.2) is 0 Å². The standard InChI is InChI=1S/C59H38N2S/c1-4-19-39(20-5-1)60(40-21-6-2-7-22-40)42-35-36-52-49(37-42)43-25-12-15-31-50(43)59(52)51-32-16-13-29-48(51)57-46-28-11-10-26-44(46)55(38-53(57)59)61(41-23-8-3-9-24-41)54-33-18-30-47-45-27-14-17-34-56(45)62-58(47)54/h1-38H. The Morgan fingerprint density at radius 1 is 0.306 bits per heavy atom. The highest BCUT2D eigenvalue weighted by molar-refractivity contribution is 7.26. The van der Waals surface area contributed by atoms with Crippen LogP contribution in [0.5, 0.6) is 0 Å². The van der Waals surface area contributed by atoms with Crippen molar-refractivity contribution < 1.29 is 0 Å². The molecule has 13 rings (SSSR count). The summed E-state index contributed by atoms with van der Waals surface area (Å²) in [6.45, 7) is 0. The van der Waals surface area contributed by atoms with E-state index in [4.69, 9.17) is 0 Å². The molecule has 11 aromatic rings. The molecular formula is C59H38N2S. The molecule has 2 nitrogen and oxygen atoms in total. The predicted molar refractivity (Wildman–Crippen MR) is 263 cm³/mol. The summed E-state index contributed by atoms with van der Waals surface area (Å²) in [7, 11) is 0. The fourth-order valence-corrected chi connectivity index (χ4v) is 12.0. The molecule has 2 aliphatic rings. The minimum atomic E-state index is -0.550. The van der Waals surface area contributed by atoms with E-state index in [1.54, 1.807) is 0 Å². The largest absolute Gasteiger partial charge is 0.310 e. The van der Waals surface area contributed by atoms with Crippen molar-refractivity contribution in [2.75, 3.05) is 9.80 Å². The summed E-state index contributed by atoms with van der Waals surface area (Å²) < 4.78 is 2.58. The van der Waals surface area contributed by atoms with Crippen LogP contribution in [-0.2, 0) is 5.41 Å². The van der Waals surface area contributed by atoms with Crippen molar-refractivity contribution in [3.05, 3.63) is 253 Å². The quantitative estimate of drug-likeness (QED) is 0.165. The van der Waals surface area contributed by atoms with Crippen molar-refractivity contribution >= 4 is 76.4 Å². The molecule has 0 radical (unpaired) electrons. The number of benzene rings is 10. The molecule has 0 saturated carbocycles. The zero-order valence-electron chi connectivity index (χ0n) is 33.7. The number of para-hydroxylation sites is 3. The lowest BCUT2D eigenvalue weighted by Crippen LogP contribution is -2.26. The summed E-state index contributed by atoms with van der Waals surface area (Å²) >= 11 is 1.88. The maximum Gasteiger partial charge on any atom is 0.0726 e. The number of anilines is 6. The molecule has 0 saturated heterocycles. The number of hydrogen-bond acceptors (Lipinski definition) is 3. The number of nitrogens with zero attached hydrogens (tertiary/aromatic N) is 2. The molecular weight excluding hydrogens is 769 g/mol. The van der Waals surface area contributed by atoms with Crippen LogP contribution >= 0.6 is 11.3 Å². The summed E-state index contributed by atoms with van der Waals surface area (Å²) in [6.07, 6.45) is 0. The minimum absolute atomic E-state index is 0.550. The Kier molecular flexibility index (Phi) is 7.72. The van der Waals surface area contributed by atoms with Crippen LogP contribution in [0.25, 0.3) is 53.2 Å². The maximum absolute atomic E-state index is 2.55. The van der Waals surface area contributed by atoms with Gasteiger partial charge in [0.25, 0.3) is 0 Å². The monoisotopic (exact) mass is 806 g/mol. The van der Waals surface area contributed by atoms with Crippen molar-refractivity contribution in [3.8, 4) is 22.3 Å². The Bertz CT molecular complexity index is 3500. The van der Waals surface area contributed by atoms with Crippen LogP contribution in [0.15, 0.2) is 231 Å². The van der Waals surface area contributed by atoms with Crippen LogP contribution in [0.3, 0.4) is 0 Å². The number of fused-ring (bicyclic) bond motifs is 15. The molecule has 290 valence electrons. The van der Waals surface area contributed by atoms with Gasteiger partial charge in [-0.1, -0.05) is 164 Å². The van der Waals surface area contributed by atoms with E-state index in [-0.39, 0.29) is 0 Å². The summed E-state index contributed by atoms with van der Waals surface area (Å²) in [5.74, 6) is 0. The molecule has 0 fully saturated rings. The SMILES string of the molecule is c1ccc(N(c2ccccc2)c2ccc3c(c2)-c2ccccc2C32c3ccccc3-c3c2cc(N(c2ccccc2)c2cccc4c2sc2ccccc24)c2ccccc32)cc1. The number of thiophene rings is 1. The van der Waals surface area contributed by atoms with Gasteiger partial charge in [-0.3, -0.25) is 0 Å². The second-order valence-corrected chi connectivity index (χ2v) is 17.4. The van der Waals surface area contributed by atoms with E-state index in [0.717, 1.165) is 22.7 Å². The third kappa shape index (κ3) is 4.91. The average Bonchev–Trinajstić information content (AvgIpc) is 3.97. The van der Waals surface area contributed by atoms with Crippen LogP contribution in [-0.4, -0.2) is 0 Å². The zero-order chi connectivity index (χ0) is 40.8. The van der Waals surface area contributed by atoms with E-state index in [2.05, 4.69) is 240 Å². The summed E-state index contributed by atoms with van der Waals surface area (Å²) in [5.41, 5.74) is 16.8. The van der Waals surface area contributed by atoms with Crippen LogP contribution in [0.1, 0.15) is 22.3 Å². The Balaban J connectivity index is 1.12. The van der Waals surface area contributed by atoms with E-state index in [1.807, 2.05) is 11.3 Å². The second kappa shape index (κ2) is 13.7. The summed E-state index contributed by atoms with van der Waals surface area (Å²) in [5, 5.41) is 5.07. The van der Waals surface area contributed by atoms with E-state index < -0.39 is 5.41 Å². The van der Waals surface area contributed by atoms with Gasteiger partial charge in [-0.15, -0.1) is 11.3 Å². The molecule has 62 heavy (non-hydrogen) atoms. The molecule has 10 aromatic carbocycles. The summed E-state index contributed by atoms with van der Waals surface area (Å²) in [6, 6.07) is 85.2. The maximum atomic E-state index is 2.55. The first kappa shape index (κ1) is 35.1. The number of hydrogen-bond donors (Lipinski definition) is 0. The van der Waals surface area contributed by atoms with Gasteiger partial charge in [0.2, 0.25) is 0 Å². The van der Waals surface area contributed by atoms with Crippen LogP contribution in [0.2, 0.25) is 0 Å². The van der Waals surface area contributed by atoms with E-state index in [0.29, 0.717) is 0 Å². The third-order valence-corrected chi connectivity index (χ3v) is 14.4.